The number of rotatable bonds is 5. The summed E-state index contributed by atoms with van der Waals surface area (Å²) < 4.78 is 0. The molecule has 0 radical (unpaired) electrons. The van der Waals surface area contributed by atoms with Gasteiger partial charge in [-0.1, -0.05) is 55.0 Å². The Morgan fingerprint density at radius 1 is 1.33 bits per heavy atom. The van der Waals surface area contributed by atoms with Crippen LogP contribution in [0.1, 0.15) is 31.1 Å². The predicted octanol–water partition coefficient (Wildman–Crippen LogP) is 3.90. The highest BCUT2D eigenvalue weighted by atomic mass is 32.1. The van der Waals surface area contributed by atoms with E-state index in [9.17, 15) is 0 Å². The zero-order valence-electron chi connectivity index (χ0n) is 12.6. The van der Waals surface area contributed by atoms with Crippen molar-refractivity contribution in [2.45, 2.75) is 32.7 Å². The van der Waals surface area contributed by atoms with E-state index in [-0.39, 0.29) is 0 Å². The normalized spacial score (nSPS) is 18.4. The summed E-state index contributed by atoms with van der Waals surface area (Å²) in [6.45, 7) is 5.12. The van der Waals surface area contributed by atoms with Gasteiger partial charge in [0.25, 0.3) is 0 Å². The van der Waals surface area contributed by atoms with Crippen molar-refractivity contribution in [2.24, 2.45) is 11.7 Å². The van der Waals surface area contributed by atoms with Gasteiger partial charge in [0.05, 0.1) is 5.69 Å². The molecule has 1 aromatic heterocycles. The van der Waals surface area contributed by atoms with Crippen LogP contribution in [0.5, 0.6) is 0 Å². The molecule has 2 N–H and O–H groups in total. The first-order chi connectivity index (χ1) is 10.3. The third-order valence-corrected chi connectivity index (χ3v) is 5.31. The first kappa shape index (κ1) is 14.5. The van der Waals surface area contributed by atoms with E-state index in [1.165, 1.54) is 29.7 Å². The Morgan fingerprint density at radius 2 is 2.14 bits per heavy atom. The zero-order chi connectivity index (χ0) is 14.7. The van der Waals surface area contributed by atoms with Crippen LogP contribution in [-0.2, 0) is 6.54 Å². The lowest BCUT2D eigenvalue weighted by molar-refractivity contribution is 0.530. The molecule has 1 fully saturated rings. The minimum absolute atomic E-state index is 0.564. The maximum Gasteiger partial charge on any atom is 0.186 e. The zero-order valence-corrected chi connectivity index (χ0v) is 13.4. The van der Waals surface area contributed by atoms with Crippen LogP contribution in [0, 0.1) is 5.92 Å². The van der Waals surface area contributed by atoms with Gasteiger partial charge in [0.15, 0.2) is 5.13 Å². The number of hydrogen-bond donors (Lipinski definition) is 1. The minimum Gasteiger partial charge on any atom is -0.348 e. The van der Waals surface area contributed by atoms with Crippen molar-refractivity contribution in [3.8, 4) is 11.3 Å². The molecule has 1 saturated heterocycles. The number of anilines is 1. The number of nitrogens with zero attached hydrogens (tertiary/aromatic N) is 2. The molecule has 4 heteroatoms. The molecule has 1 unspecified atom stereocenters. The van der Waals surface area contributed by atoms with Gasteiger partial charge in [0.2, 0.25) is 0 Å². The molecule has 21 heavy (non-hydrogen) atoms. The topological polar surface area (TPSA) is 42.2 Å². The molecule has 0 bridgehead atoms. The molecule has 0 aliphatic carbocycles. The Morgan fingerprint density at radius 3 is 2.86 bits per heavy atom. The van der Waals surface area contributed by atoms with Gasteiger partial charge < -0.3 is 10.6 Å². The number of thiazole rings is 1. The maximum absolute atomic E-state index is 5.93. The highest BCUT2D eigenvalue weighted by Gasteiger charge is 2.25. The summed E-state index contributed by atoms with van der Waals surface area (Å²) in [5.74, 6) is 0.834. The molecule has 0 amide bonds. The van der Waals surface area contributed by atoms with E-state index in [1.807, 2.05) is 6.07 Å². The predicted molar refractivity (Wildman–Crippen MR) is 90.7 cm³/mol. The fourth-order valence-electron chi connectivity index (χ4n) is 3.08. The SMILES string of the molecule is CCCC1CCN(c2nc(-c3ccccc3)c(CN)s2)C1. The monoisotopic (exact) mass is 301 g/mol. The summed E-state index contributed by atoms with van der Waals surface area (Å²) in [5, 5.41) is 1.15. The van der Waals surface area contributed by atoms with Crippen molar-refractivity contribution in [2.75, 3.05) is 18.0 Å². The molecular weight excluding hydrogens is 278 g/mol. The lowest BCUT2D eigenvalue weighted by atomic mass is 10.0. The smallest absolute Gasteiger partial charge is 0.186 e. The Kier molecular flexibility index (Phi) is 4.56. The van der Waals surface area contributed by atoms with Gasteiger partial charge in [-0.25, -0.2) is 4.98 Å². The van der Waals surface area contributed by atoms with Gasteiger partial charge in [-0.05, 0) is 18.8 Å². The third-order valence-electron chi connectivity index (χ3n) is 4.17. The van der Waals surface area contributed by atoms with Crippen LogP contribution in [0.15, 0.2) is 30.3 Å². The lowest BCUT2D eigenvalue weighted by Gasteiger charge is -2.14. The van der Waals surface area contributed by atoms with Crippen molar-refractivity contribution in [3.05, 3.63) is 35.2 Å². The largest absolute Gasteiger partial charge is 0.348 e. The van der Waals surface area contributed by atoms with Crippen molar-refractivity contribution in [1.82, 2.24) is 4.98 Å². The van der Waals surface area contributed by atoms with Crippen molar-refractivity contribution < 1.29 is 0 Å². The van der Waals surface area contributed by atoms with Gasteiger partial charge >= 0.3 is 0 Å². The van der Waals surface area contributed by atoms with E-state index >= 15 is 0 Å². The highest BCUT2D eigenvalue weighted by Crippen LogP contribution is 2.35. The van der Waals surface area contributed by atoms with Gasteiger partial charge in [-0.15, -0.1) is 0 Å². The molecule has 2 aromatic rings. The molecule has 0 saturated carbocycles. The average molecular weight is 301 g/mol. The number of hydrogen-bond acceptors (Lipinski definition) is 4. The quantitative estimate of drug-likeness (QED) is 0.911. The molecule has 1 aliphatic rings. The second kappa shape index (κ2) is 6.58. The van der Waals surface area contributed by atoms with Crippen molar-refractivity contribution >= 4 is 16.5 Å². The van der Waals surface area contributed by atoms with Crippen LogP contribution < -0.4 is 10.6 Å². The van der Waals surface area contributed by atoms with Gasteiger partial charge in [-0.2, -0.15) is 0 Å². The van der Waals surface area contributed by atoms with E-state index in [0.717, 1.165) is 29.8 Å². The minimum atomic E-state index is 0.564. The Balaban J connectivity index is 1.83. The van der Waals surface area contributed by atoms with Crippen molar-refractivity contribution in [1.29, 1.82) is 0 Å². The second-order valence-corrected chi connectivity index (χ2v) is 6.79. The molecule has 1 aliphatic heterocycles. The number of nitrogens with two attached hydrogens (primary N) is 1. The molecule has 1 aromatic carbocycles. The first-order valence-electron chi connectivity index (χ1n) is 7.82. The molecule has 3 rings (SSSR count). The van der Waals surface area contributed by atoms with Crippen LogP contribution in [-0.4, -0.2) is 18.1 Å². The first-order valence-corrected chi connectivity index (χ1v) is 8.63. The molecule has 3 nitrogen and oxygen atoms in total. The summed E-state index contributed by atoms with van der Waals surface area (Å²) in [4.78, 5) is 8.52. The van der Waals surface area contributed by atoms with Crippen LogP contribution in [0.3, 0.4) is 0 Å². The summed E-state index contributed by atoms with van der Waals surface area (Å²) in [6, 6.07) is 10.4. The third kappa shape index (κ3) is 3.11. The maximum atomic E-state index is 5.93. The second-order valence-electron chi connectivity index (χ2n) is 5.73. The Labute approximate surface area is 130 Å². The van der Waals surface area contributed by atoms with E-state index in [4.69, 9.17) is 10.7 Å². The van der Waals surface area contributed by atoms with E-state index in [0.29, 0.717) is 6.54 Å². The molecule has 2 heterocycles. The molecule has 1 atom stereocenters. The summed E-state index contributed by atoms with van der Waals surface area (Å²) in [7, 11) is 0. The van der Waals surface area contributed by atoms with E-state index < -0.39 is 0 Å². The van der Waals surface area contributed by atoms with Gasteiger partial charge in [-0.3, -0.25) is 0 Å². The Hall–Kier alpha value is -1.39. The fraction of sp³-hybridized carbons (Fsp3) is 0.471. The highest BCUT2D eigenvalue weighted by molar-refractivity contribution is 7.16. The molecule has 0 spiro atoms. The summed E-state index contributed by atoms with van der Waals surface area (Å²) in [5.41, 5.74) is 8.16. The molecular formula is C17H23N3S. The van der Waals surface area contributed by atoms with E-state index in [1.54, 1.807) is 11.3 Å². The standard InChI is InChI=1S/C17H23N3S/c1-2-6-13-9-10-20(12-13)17-19-16(15(11-18)21-17)14-7-4-3-5-8-14/h3-5,7-8,13H,2,6,9-12,18H2,1H3. The van der Waals surface area contributed by atoms with Crippen LogP contribution in [0.4, 0.5) is 5.13 Å². The van der Waals surface area contributed by atoms with Crippen LogP contribution in [0.2, 0.25) is 0 Å². The Bertz CT molecular complexity index is 579. The molecule has 112 valence electrons. The van der Waals surface area contributed by atoms with Crippen molar-refractivity contribution in [3.63, 3.8) is 0 Å². The average Bonchev–Trinajstić information content (AvgIpc) is 3.14. The number of aromatic nitrogens is 1. The van der Waals surface area contributed by atoms with Gasteiger partial charge in [0, 0.05) is 30.1 Å². The summed E-state index contributed by atoms with van der Waals surface area (Å²) in [6.07, 6.45) is 3.91. The number of benzene rings is 1. The van der Waals surface area contributed by atoms with Gasteiger partial charge in [0.1, 0.15) is 0 Å². The van der Waals surface area contributed by atoms with Crippen LogP contribution >= 0.6 is 11.3 Å². The van der Waals surface area contributed by atoms with Crippen LogP contribution in [0.25, 0.3) is 11.3 Å². The lowest BCUT2D eigenvalue weighted by Crippen LogP contribution is -2.19. The summed E-state index contributed by atoms with van der Waals surface area (Å²) >= 11 is 1.76. The fourth-order valence-corrected chi connectivity index (χ4v) is 4.08. The van der Waals surface area contributed by atoms with E-state index in [2.05, 4.69) is 36.1 Å².